The maximum absolute atomic E-state index is 11.1. The Morgan fingerprint density at radius 3 is 2.47 bits per heavy atom. The van der Waals surface area contributed by atoms with E-state index < -0.39 is 5.97 Å². The SMILES string of the molecule is Cc1c(Br)cc(C(C)C)c(O)c1C1(CC(=O)O)CC1. The van der Waals surface area contributed by atoms with Gasteiger partial charge in [-0.25, -0.2) is 0 Å². The van der Waals surface area contributed by atoms with Crippen LogP contribution in [0.5, 0.6) is 5.75 Å². The third-order valence-corrected chi connectivity index (χ3v) is 4.84. The molecule has 0 radical (unpaired) electrons. The van der Waals surface area contributed by atoms with Gasteiger partial charge in [0.15, 0.2) is 0 Å². The van der Waals surface area contributed by atoms with E-state index in [-0.39, 0.29) is 23.5 Å². The van der Waals surface area contributed by atoms with Gasteiger partial charge in [-0.05, 0) is 42.9 Å². The van der Waals surface area contributed by atoms with Gasteiger partial charge in [-0.3, -0.25) is 4.79 Å². The second-order valence-corrected chi connectivity index (χ2v) is 6.66. The van der Waals surface area contributed by atoms with E-state index in [1.807, 2.05) is 26.8 Å². The van der Waals surface area contributed by atoms with Crippen LogP contribution in [0.3, 0.4) is 0 Å². The van der Waals surface area contributed by atoms with Gasteiger partial charge in [0.2, 0.25) is 0 Å². The van der Waals surface area contributed by atoms with Gasteiger partial charge in [-0.15, -0.1) is 0 Å². The number of carbonyl (C=O) groups is 1. The topological polar surface area (TPSA) is 57.5 Å². The molecule has 0 heterocycles. The van der Waals surface area contributed by atoms with E-state index in [0.717, 1.165) is 34.0 Å². The Kier molecular flexibility index (Phi) is 3.65. The predicted octanol–water partition coefficient (Wildman–Crippen LogP) is 4.09. The number of hydrogen-bond acceptors (Lipinski definition) is 2. The summed E-state index contributed by atoms with van der Waals surface area (Å²) in [5.41, 5.74) is 2.30. The van der Waals surface area contributed by atoms with Gasteiger partial charge in [0.05, 0.1) is 6.42 Å². The highest BCUT2D eigenvalue weighted by Crippen LogP contribution is 2.56. The minimum atomic E-state index is -0.803. The molecule has 19 heavy (non-hydrogen) atoms. The first-order valence-electron chi connectivity index (χ1n) is 6.53. The summed E-state index contributed by atoms with van der Waals surface area (Å²) in [6, 6.07) is 1.94. The highest BCUT2D eigenvalue weighted by atomic mass is 79.9. The van der Waals surface area contributed by atoms with Crippen LogP contribution in [0.15, 0.2) is 10.5 Å². The molecule has 1 aliphatic rings. The molecule has 1 fully saturated rings. The van der Waals surface area contributed by atoms with Gasteiger partial charge in [0, 0.05) is 15.5 Å². The smallest absolute Gasteiger partial charge is 0.304 e. The Morgan fingerprint density at radius 1 is 1.47 bits per heavy atom. The molecule has 4 heteroatoms. The second-order valence-electron chi connectivity index (χ2n) is 5.80. The molecule has 0 aliphatic heterocycles. The second kappa shape index (κ2) is 4.82. The van der Waals surface area contributed by atoms with Crippen molar-refractivity contribution in [2.75, 3.05) is 0 Å². The zero-order valence-corrected chi connectivity index (χ0v) is 13.0. The largest absolute Gasteiger partial charge is 0.507 e. The molecule has 3 nitrogen and oxygen atoms in total. The summed E-state index contributed by atoms with van der Waals surface area (Å²) in [5, 5.41) is 19.6. The summed E-state index contributed by atoms with van der Waals surface area (Å²) in [6.45, 7) is 5.99. The lowest BCUT2D eigenvalue weighted by molar-refractivity contribution is -0.137. The Hall–Kier alpha value is -1.03. The van der Waals surface area contributed by atoms with Crippen LogP contribution in [0.2, 0.25) is 0 Å². The lowest BCUT2D eigenvalue weighted by Gasteiger charge is -2.22. The monoisotopic (exact) mass is 326 g/mol. The summed E-state index contributed by atoms with van der Waals surface area (Å²) < 4.78 is 0.945. The number of halogens is 1. The van der Waals surface area contributed by atoms with Gasteiger partial charge in [-0.2, -0.15) is 0 Å². The highest BCUT2D eigenvalue weighted by Gasteiger charge is 2.49. The Labute approximate surface area is 121 Å². The number of carboxylic acid groups (broad SMARTS) is 1. The fraction of sp³-hybridized carbons (Fsp3) is 0.533. The first-order valence-corrected chi connectivity index (χ1v) is 7.32. The molecule has 0 aromatic heterocycles. The molecule has 0 unspecified atom stereocenters. The standard InChI is InChI=1S/C15H19BrO3/c1-8(2)10-6-11(16)9(3)13(14(10)19)15(4-5-15)7-12(17)18/h6,8,19H,4-5,7H2,1-3H3,(H,17,18). The molecule has 0 bridgehead atoms. The van der Waals surface area contributed by atoms with Crippen molar-refractivity contribution in [2.45, 2.75) is 51.4 Å². The van der Waals surface area contributed by atoms with E-state index in [0.29, 0.717) is 0 Å². The third kappa shape index (κ3) is 2.50. The maximum Gasteiger partial charge on any atom is 0.304 e. The van der Waals surface area contributed by atoms with Crippen LogP contribution in [0.25, 0.3) is 0 Å². The predicted molar refractivity (Wildman–Crippen MR) is 77.8 cm³/mol. The van der Waals surface area contributed by atoms with Crippen molar-refractivity contribution >= 4 is 21.9 Å². The third-order valence-electron chi connectivity index (χ3n) is 4.02. The Morgan fingerprint density at radius 2 is 2.05 bits per heavy atom. The van der Waals surface area contributed by atoms with E-state index in [1.54, 1.807) is 0 Å². The molecule has 0 saturated heterocycles. The number of aliphatic carboxylic acids is 1. The molecule has 1 aromatic carbocycles. The van der Waals surface area contributed by atoms with Gasteiger partial charge in [0.1, 0.15) is 5.75 Å². The minimum Gasteiger partial charge on any atom is -0.507 e. The summed E-state index contributed by atoms with van der Waals surface area (Å²) >= 11 is 3.53. The fourth-order valence-electron chi connectivity index (χ4n) is 2.80. The molecule has 0 atom stereocenters. The van der Waals surface area contributed by atoms with Crippen molar-refractivity contribution in [1.82, 2.24) is 0 Å². The van der Waals surface area contributed by atoms with Crippen LogP contribution in [0.1, 0.15) is 55.7 Å². The Balaban J connectivity index is 2.59. The summed E-state index contributed by atoms with van der Waals surface area (Å²) in [4.78, 5) is 11.1. The maximum atomic E-state index is 11.1. The van der Waals surface area contributed by atoms with E-state index in [9.17, 15) is 9.90 Å². The van der Waals surface area contributed by atoms with Gasteiger partial charge in [0.25, 0.3) is 0 Å². The molecule has 1 aliphatic carbocycles. The number of aromatic hydroxyl groups is 1. The van der Waals surface area contributed by atoms with Crippen LogP contribution in [0, 0.1) is 6.92 Å². The number of rotatable bonds is 4. The zero-order chi connectivity index (χ0) is 14.4. The lowest BCUT2D eigenvalue weighted by Crippen LogP contribution is -2.15. The van der Waals surface area contributed by atoms with Crippen molar-refractivity contribution < 1.29 is 15.0 Å². The van der Waals surface area contributed by atoms with Gasteiger partial charge in [-0.1, -0.05) is 29.8 Å². The number of benzene rings is 1. The zero-order valence-electron chi connectivity index (χ0n) is 11.5. The van der Waals surface area contributed by atoms with E-state index >= 15 is 0 Å². The number of carboxylic acids is 1. The summed E-state index contributed by atoms with van der Waals surface area (Å²) in [5.74, 6) is -0.312. The van der Waals surface area contributed by atoms with Crippen LogP contribution in [-0.4, -0.2) is 16.2 Å². The van der Waals surface area contributed by atoms with Gasteiger partial charge < -0.3 is 10.2 Å². The van der Waals surface area contributed by atoms with Crippen LogP contribution in [-0.2, 0) is 10.2 Å². The molecule has 1 aromatic rings. The molecular weight excluding hydrogens is 308 g/mol. The number of hydrogen-bond donors (Lipinski definition) is 2. The van der Waals surface area contributed by atoms with Crippen LogP contribution in [0.4, 0.5) is 0 Å². The highest BCUT2D eigenvalue weighted by molar-refractivity contribution is 9.10. The van der Waals surface area contributed by atoms with E-state index in [2.05, 4.69) is 15.9 Å². The molecule has 104 valence electrons. The summed E-state index contributed by atoms with van der Waals surface area (Å²) in [6.07, 6.45) is 1.76. The average molecular weight is 327 g/mol. The molecular formula is C15H19BrO3. The first-order chi connectivity index (χ1) is 8.78. The molecule has 2 N–H and O–H groups in total. The van der Waals surface area contributed by atoms with Gasteiger partial charge >= 0.3 is 5.97 Å². The minimum absolute atomic E-state index is 0.0926. The molecule has 2 rings (SSSR count). The van der Waals surface area contributed by atoms with Crippen molar-refractivity contribution in [3.05, 3.63) is 27.2 Å². The average Bonchev–Trinajstić information content (AvgIpc) is 3.02. The normalized spacial score (nSPS) is 16.7. The molecule has 0 amide bonds. The first kappa shape index (κ1) is 14.4. The molecule has 0 spiro atoms. The lowest BCUT2D eigenvalue weighted by atomic mass is 9.85. The van der Waals surface area contributed by atoms with Crippen molar-refractivity contribution in [1.29, 1.82) is 0 Å². The van der Waals surface area contributed by atoms with Crippen molar-refractivity contribution in [2.24, 2.45) is 0 Å². The Bertz CT molecular complexity index is 531. The van der Waals surface area contributed by atoms with Crippen molar-refractivity contribution in [3.8, 4) is 5.75 Å². The summed E-state index contributed by atoms with van der Waals surface area (Å²) in [7, 11) is 0. The number of phenols is 1. The van der Waals surface area contributed by atoms with E-state index in [4.69, 9.17) is 5.11 Å². The van der Waals surface area contributed by atoms with Crippen LogP contribution < -0.4 is 0 Å². The molecule has 1 saturated carbocycles. The fourth-order valence-corrected chi connectivity index (χ4v) is 3.24. The van der Waals surface area contributed by atoms with Crippen LogP contribution >= 0.6 is 15.9 Å². The van der Waals surface area contributed by atoms with E-state index in [1.165, 1.54) is 0 Å². The van der Waals surface area contributed by atoms with Crippen molar-refractivity contribution in [3.63, 3.8) is 0 Å². The quantitative estimate of drug-likeness (QED) is 0.875. The number of phenolic OH excluding ortho intramolecular Hbond substituents is 1.